The minimum Gasteiger partial charge on any atom is -0.493 e. The monoisotopic (exact) mass is 383 g/mol. The van der Waals surface area contributed by atoms with E-state index in [-0.39, 0.29) is 5.91 Å². The van der Waals surface area contributed by atoms with Crippen molar-refractivity contribution in [1.29, 1.82) is 0 Å². The third kappa shape index (κ3) is 3.74. The summed E-state index contributed by atoms with van der Waals surface area (Å²) in [5.41, 5.74) is 2.50. The molecule has 7 heteroatoms. The van der Waals surface area contributed by atoms with Crippen LogP contribution in [0, 0.1) is 6.92 Å². The fourth-order valence-electron chi connectivity index (χ4n) is 3.29. The van der Waals surface area contributed by atoms with Gasteiger partial charge in [-0.25, -0.2) is 4.98 Å². The SMILES string of the molecule is COc1ccc(C(=O)NCCCn2c(C)nc3ccccc32)c(OC)c1OC. The number of benzene rings is 2. The Kier molecular flexibility index (Phi) is 6.03. The summed E-state index contributed by atoms with van der Waals surface area (Å²) in [4.78, 5) is 17.2. The minimum absolute atomic E-state index is 0.218. The van der Waals surface area contributed by atoms with Crippen molar-refractivity contribution >= 4 is 16.9 Å². The van der Waals surface area contributed by atoms with E-state index >= 15 is 0 Å². The Hall–Kier alpha value is -3.22. The van der Waals surface area contributed by atoms with Crippen LogP contribution in [-0.2, 0) is 6.54 Å². The van der Waals surface area contributed by atoms with Crippen LogP contribution in [0.5, 0.6) is 17.2 Å². The van der Waals surface area contributed by atoms with Gasteiger partial charge in [-0.1, -0.05) is 12.1 Å². The Morgan fingerprint density at radius 3 is 2.50 bits per heavy atom. The molecule has 28 heavy (non-hydrogen) atoms. The van der Waals surface area contributed by atoms with Crippen molar-refractivity contribution < 1.29 is 19.0 Å². The second-order valence-corrected chi connectivity index (χ2v) is 6.29. The molecule has 0 radical (unpaired) electrons. The lowest BCUT2D eigenvalue weighted by Gasteiger charge is -2.15. The van der Waals surface area contributed by atoms with Crippen molar-refractivity contribution in [3.05, 3.63) is 47.8 Å². The number of hydrogen-bond donors (Lipinski definition) is 1. The van der Waals surface area contributed by atoms with E-state index in [0.717, 1.165) is 29.8 Å². The molecule has 0 unspecified atom stereocenters. The fourth-order valence-corrected chi connectivity index (χ4v) is 3.29. The number of nitrogens with zero attached hydrogens (tertiary/aromatic N) is 2. The maximum Gasteiger partial charge on any atom is 0.255 e. The van der Waals surface area contributed by atoms with Gasteiger partial charge >= 0.3 is 0 Å². The Morgan fingerprint density at radius 2 is 1.79 bits per heavy atom. The number of para-hydroxylation sites is 2. The highest BCUT2D eigenvalue weighted by Gasteiger charge is 2.20. The molecule has 1 amide bonds. The number of amides is 1. The molecule has 0 atom stereocenters. The number of imidazole rings is 1. The molecule has 0 spiro atoms. The Bertz CT molecular complexity index is 981. The van der Waals surface area contributed by atoms with Gasteiger partial charge in [-0.05, 0) is 37.6 Å². The van der Waals surface area contributed by atoms with Crippen molar-refractivity contribution in [2.45, 2.75) is 19.9 Å². The lowest BCUT2D eigenvalue weighted by molar-refractivity contribution is 0.0949. The van der Waals surface area contributed by atoms with Crippen LogP contribution in [0.15, 0.2) is 36.4 Å². The maximum atomic E-state index is 12.6. The highest BCUT2D eigenvalue weighted by Crippen LogP contribution is 2.39. The highest BCUT2D eigenvalue weighted by atomic mass is 16.5. The molecule has 3 rings (SSSR count). The normalized spacial score (nSPS) is 10.7. The molecule has 0 aliphatic carbocycles. The number of hydrogen-bond acceptors (Lipinski definition) is 5. The molecule has 0 aliphatic rings. The lowest BCUT2D eigenvalue weighted by Crippen LogP contribution is -2.26. The number of aryl methyl sites for hydroxylation is 2. The van der Waals surface area contributed by atoms with E-state index in [0.29, 0.717) is 29.4 Å². The summed E-state index contributed by atoms with van der Waals surface area (Å²) in [5, 5.41) is 2.94. The van der Waals surface area contributed by atoms with E-state index in [1.807, 2.05) is 25.1 Å². The first-order valence-corrected chi connectivity index (χ1v) is 9.09. The largest absolute Gasteiger partial charge is 0.493 e. The Balaban J connectivity index is 1.65. The van der Waals surface area contributed by atoms with Crippen molar-refractivity contribution in [2.75, 3.05) is 27.9 Å². The van der Waals surface area contributed by atoms with Gasteiger partial charge in [-0.3, -0.25) is 4.79 Å². The standard InChI is InChI=1S/C21H25N3O4/c1-14-23-16-8-5-6-9-17(16)24(14)13-7-12-22-21(25)15-10-11-18(26-2)20(28-4)19(15)27-3/h5-6,8-11H,7,12-13H2,1-4H3,(H,22,25). The van der Waals surface area contributed by atoms with Crippen LogP contribution < -0.4 is 19.5 Å². The van der Waals surface area contributed by atoms with E-state index in [9.17, 15) is 4.79 Å². The number of aromatic nitrogens is 2. The van der Waals surface area contributed by atoms with E-state index in [2.05, 4.69) is 20.9 Å². The molecule has 0 aliphatic heterocycles. The maximum absolute atomic E-state index is 12.6. The molecule has 1 heterocycles. The number of nitrogens with one attached hydrogen (secondary N) is 1. The lowest BCUT2D eigenvalue weighted by atomic mass is 10.1. The summed E-state index contributed by atoms with van der Waals surface area (Å²) < 4.78 is 18.1. The fraction of sp³-hybridized carbons (Fsp3) is 0.333. The van der Waals surface area contributed by atoms with E-state index in [1.165, 1.54) is 14.2 Å². The van der Waals surface area contributed by atoms with Crippen LogP contribution in [0.3, 0.4) is 0 Å². The zero-order valence-electron chi connectivity index (χ0n) is 16.6. The minimum atomic E-state index is -0.218. The average molecular weight is 383 g/mol. The highest BCUT2D eigenvalue weighted by molar-refractivity contribution is 5.98. The molecule has 2 aromatic carbocycles. The van der Waals surface area contributed by atoms with Crippen LogP contribution in [0.25, 0.3) is 11.0 Å². The van der Waals surface area contributed by atoms with Gasteiger partial charge in [0.2, 0.25) is 5.75 Å². The topological polar surface area (TPSA) is 74.6 Å². The molecule has 0 fully saturated rings. The van der Waals surface area contributed by atoms with Gasteiger partial charge in [-0.15, -0.1) is 0 Å². The van der Waals surface area contributed by atoms with E-state index in [1.54, 1.807) is 19.2 Å². The first-order valence-electron chi connectivity index (χ1n) is 9.09. The van der Waals surface area contributed by atoms with Crippen molar-refractivity contribution in [1.82, 2.24) is 14.9 Å². The molecule has 1 N–H and O–H groups in total. The first kappa shape index (κ1) is 19.5. The third-order valence-electron chi connectivity index (χ3n) is 4.64. The molecule has 7 nitrogen and oxygen atoms in total. The molecule has 0 saturated carbocycles. The van der Waals surface area contributed by atoms with Crippen LogP contribution in [0.2, 0.25) is 0 Å². The van der Waals surface area contributed by atoms with Gasteiger partial charge < -0.3 is 24.1 Å². The van der Waals surface area contributed by atoms with E-state index < -0.39 is 0 Å². The summed E-state index contributed by atoms with van der Waals surface area (Å²) in [5.74, 6) is 2.02. The number of carbonyl (C=O) groups excluding carboxylic acids is 1. The smallest absolute Gasteiger partial charge is 0.255 e. The first-order chi connectivity index (χ1) is 13.6. The van der Waals surface area contributed by atoms with Gasteiger partial charge in [0.05, 0.1) is 37.9 Å². The van der Waals surface area contributed by atoms with Crippen molar-refractivity contribution in [2.24, 2.45) is 0 Å². The van der Waals surface area contributed by atoms with Gasteiger partial charge in [0.15, 0.2) is 11.5 Å². The molecule has 0 saturated heterocycles. The predicted molar refractivity (Wildman–Crippen MR) is 108 cm³/mol. The second kappa shape index (κ2) is 8.65. The molecular weight excluding hydrogens is 358 g/mol. The zero-order chi connectivity index (χ0) is 20.1. The van der Waals surface area contributed by atoms with Crippen LogP contribution >= 0.6 is 0 Å². The molecule has 1 aromatic heterocycles. The summed E-state index contributed by atoms with van der Waals surface area (Å²) in [6, 6.07) is 11.4. The number of ether oxygens (including phenoxy) is 3. The molecule has 3 aromatic rings. The molecule has 0 bridgehead atoms. The number of carbonyl (C=O) groups is 1. The van der Waals surface area contributed by atoms with Crippen LogP contribution in [-0.4, -0.2) is 43.3 Å². The summed E-state index contributed by atoms with van der Waals surface area (Å²) in [7, 11) is 4.56. The summed E-state index contributed by atoms with van der Waals surface area (Å²) >= 11 is 0. The number of methoxy groups -OCH3 is 3. The third-order valence-corrected chi connectivity index (χ3v) is 4.64. The average Bonchev–Trinajstić information content (AvgIpc) is 3.04. The summed E-state index contributed by atoms with van der Waals surface area (Å²) in [6.45, 7) is 3.30. The number of fused-ring (bicyclic) bond motifs is 1. The van der Waals surface area contributed by atoms with Gasteiger partial charge in [-0.2, -0.15) is 0 Å². The Labute approximate surface area is 164 Å². The summed E-state index contributed by atoms with van der Waals surface area (Å²) in [6.07, 6.45) is 0.780. The zero-order valence-corrected chi connectivity index (χ0v) is 16.6. The predicted octanol–water partition coefficient (Wildman–Crippen LogP) is 3.19. The quantitative estimate of drug-likeness (QED) is 0.605. The molecule has 148 valence electrons. The Morgan fingerprint density at radius 1 is 1.04 bits per heavy atom. The van der Waals surface area contributed by atoms with Crippen LogP contribution in [0.4, 0.5) is 0 Å². The second-order valence-electron chi connectivity index (χ2n) is 6.29. The number of rotatable bonds is 8. The van der Waals surface area contributed by atoms with E-state index in [4.69, 9.17) is 14.2 Å². The van der Waals surface area contributed by atoms with Crippen molar-refractivity contribution in [3.63, 3.8) is 0 Å². The van der Waals surface area contributed by atoms with Gasteiger partial charge in [0.25, 0.3) is 5.91 Å². The van der Waals surface area contributed by atoms with Crippen molar-refractivity contribution in [3.8, 4) is 17.2 Å². The molecular formula is C21H25N3O4. The van der Waals surface area contributed by atoms with Gasteiger partial charge in [0, 0.05) is 13.1 Å². The van der Waals surface area contributed by atoms with Gasteiger partial charge in [0.1, 0.15) is 5.82 Å². The van der Waals surface area contributed by atoms with Crippen LogP contribution in [0.1, 0.15) is 22.6 Å².